The lowest BCUT2D eigenvalue weighted by molar-refractivity contribution is -0.119. The first-order chi connectivity index (χ1) is 12.3. The van der Waals surface area contributed by atoms with E-state index in [1.54, 1.807) is 6.20 Å². The van der Waals surface area contributed by atoms with Gasteiger partial charge in [0.1, 0.15) is 11.5 Å². The summed E-state index contributed by atoms with van der Waals surface area (Å²) in [5.41, 5.74) is 1.11. The SMILES string of the molecule is CCc1ccc(CN2CCO[C@@H]3[C@H]2CC[C@H]3OCc2cccnc2)o1. The molecule has 1 aliphatic heterocycles. The zero-order valence-electron chi connectivity index (χ0n) is 14.8. The third-order valence-electron chi connectivity index (χ3n) is 5.26. The van der Waals surface area contributed by atoms with Crippen LogP contribution in [0, 0.1) is 0 Å². The first kappa shape index (κ1) is 16.8. The molecule has 134 valence electrons. The number of hydrogen-bond acceptors (Lipinski definition) is 5. The van der Waals surface area contributed by atoms with E-state index >= 15 is 0 Å². The maximum Gasteiger partial charge on any atom is 0.118 e. The van der Waals surface area contributed by atoms with E-state index in [1.165, 1.54) is 0 Å². The van der Waals surface area contributed by atoms with Crippen molar-refractivity contribution in [3.8, 4) is 0 Å². The summed E-state index contributed by atoms with van der Waals surface area (Å²) >= 11 is 0. The standard InChI is InChI=1S/C20H26N2O3/c1-2-16-5-6-17(25-16)13-22-10-11-23-20-18(22)7-8-19(20)24-14-15-4-3-9-21-12-15/h3-6,9,12,18-20H,2,7-8,10-11,13-14H2,1H3/t18-,19-,20-/m1/s1. The number of aromatic nitrogens is 1. The van der Waals surface area contributed by atoms with Crippen LogP contribution in [-0.4, -0.2) is 41.3 Å². The number of pyridine rings is 1. The number of furan rings is 1. The molecule has 0 amide bonds. The van der Waals surface area contributed by atoms with Gasteiger partial charge in [0.25, 0.3) is 0 Å². The number of ether oxygens (including phenoxy) is 2. The van der Waals surface area contributed by atoms with Gasteiger partial charge in [-0.3, -0.25) is 9.88 Å². The second-order valence-corrected chi connectivity index (χ2v) is 6.88. The first-order valence-corrected chi connectivity index (χ1v) is 9.27. The highest BCUT2D eigenvalue weighted by molar-refractivity contribution is 5.09. The van der Waals surface area contributed by atoms with E-state index in [0.717, 1.165) is 56.0 Å². The maximum absolute atomic E-state index is 6.16. The second-order valence-electron chi connectivity index (χ2n) is 6.88. The summed E-state index contributed by atoms with van der Waals surface area (Å²) < 4.78 is 18.1. The van der Waals surface area contributed by atoms with Crippen molar-refractivity contribution in [3.63, 3.8) is 0 Å². The molecule has 0 N–H and O–H groups in total. The predicted molar refractivity (Wildman–Crippen MR) is 94.1 cm³/mol. The van der Waals surface area contributed by atoms with Crippen molar-refractivity contribution in [2.75, 3.05) is 13.2 Å². The minimum atomic E-state index is 0.158. The number of hydrogen-bond donors (Lipinski definition) is 0. The van der Waals surface area contributed by atoms with Gasteiger partial charge in [-0.05, 0) is 36.6 Å². The average Bonchev–Trinajstić information content (AvgIpc) is 3.28. The maximum atomic E-state index is 6.16. The highest BCUT2D eigenvalue weighted by atomic mass is 16.5. The van der Waals surface area contributed by atoms with E-state index in [4.69, 9.17) is 13.9 Å². The van der Waals surface area contributed by atoms with E-state index in [0.29, 0.717) is 12.6 Å². The highest BCUT2D eigenvalue weighted by Gasteiger charge is 2.43. The normalized spacial score (nSPS) is 26.7. The van der Waals surface area contributed by atoms with Crippen LogP contribution in [-0.2, 0) is 29.0 Å². The predicted octanol–water partition coefficient (Wildman–Crippen LogP) is 3.19. The molecule has 4 rings (SSSR count). The summed E-state index contributed by atoms with van der Waals surface area (Å²) in [6, 6.07) is 8.61. The Morgan fingerprint density at radius 3 is 2.96 bits per heavy atom. The summed E-state index contributed by atoms with van der Waals surface area (Å²) in [4.78, 5) is 6.65. The Morgan fingerprint density at radius 2 is 2.16 bits per heavy atom. The molecule has 5 heteroatoms. The van der Waals surface area contributed by atoms with Gasteiger partial charge < -0.3 is 13.9 Å². The molecule has 1 saturated carbocycles. The van der Waals surface area contributed by atoms with Crippen LogP contribution < -0.4 is 0 Å². The molecule has 1 saturated heterocycles. The summed E-state index contributed by atoms with van der Waals surface area (Å²) in [5.74, 6) is 2.11. The van der Waals surface area contributed by atoms with Crippen LogP contribution in [0.15, 0.2) is 41.1 Å². The molecule has 0 radical (unpaired) electrons. The van der Waals surface area contributed by atoms with Crippen molar-refractivity contribution in [1.82, 2.24) is 9.88 Å². The van der Waals surface area contributed by atoms with Gasteiger partial charge in [-0.15, -0.1) is 0 Å². The van der Waals surface area contributed by atoms with Gasteiger partial charge in [-0.2, -0.15) is 0 Å². The molecule has 1 aliphatic carbocycles. The third-order valence-corrected chi connectivity index (χ3v) is 5.26. The van der Waals surface area contributed by atoms with Crippen molar-refractivity contribution >= 4 is 0 Å². The van der Waals surface area contributed by atoms with Crippen molar-refractivity contribution < 1.29 is 13.9 Å². The molecule has 0 spiro atoms. The van der Waals surface area contributed by atoms with E-state index < -0.39 is 0 Å². The van der Waals surface area contributed by atoms with Crippen LogP contribution in [0.25, 0.3) is 0 Å². The van der Waals surface area contributed by atoms with Crippen molar-refractivity contribution in [1.29, 1.82) is 0 Å². The van der Waals surface area contributed by atoms with Crippen LogP contribution in [0.1, 0.15) is 36.8 Å². The quantitative estimate of drug-likeness (QED) is 0.807. The molecule has 2 aromatic rings. The average molecular weight is 342 g/mol. The Hall–Kier alpha value is -1.69. The fourth-order valence-corrected chi connectivity index (χ4v) is 3.95. The molecule has 3 atom stereocenters. The van der Waals surface area contributed by atoms with Crippen LogP contribution in [0.5, 0.6) is 0 Å². The minimum Gasteiger partial charge on any atom is -0.465 e. The van der Waals surface area contributed by atoms with Crippen LogP contribution in [0.3, 0.4) is 0 Å². The molecular weight excluding hydrogens is 316 g/mol. The smallest absolute Gasteiger partial charge is 0.118 e. The van der Waals surface area contributed by atoms with Gasteiger partial charge in [-0.25, -0.2) is 0 Å². The molecule has 0 aromatic carbocycles. The zero-order chi connectivity index (χ0) is 17.1. The molecule has 2 aliphatic rings. The third kappa shape index (κ3) is 3.78. The monoisotopic (exact) mass is 342 g/mol. The zero-order valence-corrected chi connectivity index (χ0v) is 14.8. The molecule has 3 heterocycles. The fourth-order valence-electron chi connectivity index (χ4n) is 3.95. The Kier molecular flexibility index (Phi) is 5.15. The van der Waals surface area contributed by atoms with Gasteiger partial charge >= 0.3 is 0 Å². The minimum absolute atomic E-state index is 0.158. The summed E-state index contributed by atoms with van der Waals surface area (Å²) in [5, 5.41) is 0. The van der Waals surface area contributed by atoms with Gasteiger partial charge in [0, 0.05) is 31.4 Å². The largest absolute Gasteiger partial charge is 0.465 e. The van der Waals surface area contributed by atoms with E-state index in [-0.39, 0.29) is 12.2 Å². The summed E-state index contributed by atoms with van der Waals surface area (Å²) in [6.07, 6.45) is 7.08. The van der Waals surface area contributed by atoms with Gasteiger partial charge in [0.2, 0.25) is 0 Å². The molecular formula is C20H26N2O3. The highest BCUT2D eigenvalue weighted by Crippen LogP contribution is 2.33. The fraction of sp³-hybridized carbons (Fsp3) is 0.550. The first-order valence-electron chi connectivity index (χ1n) is 9.27. The van der Waals surface area contributed by atoms with Crippen LogP contribution in [0.2, 0.25) is 0 Å². The Bertz CT molecular complexity index is 673. The summed E-state index contributed by atoms with van der Waals surface area (Å²) in [6.45, 7) is 5.30. The van der Waals surface area contributed by atoms with Gasteiger partial charge in [0.05, 0.1) is 32.0 Å². The van der Waals surface area contributed by atoms with Crippen molar-refractivity contribution in [3.05, 3.63) is 53.7 Å². The Labute approximate surface area is 148 Å². The lowest BCUT2D eigenvalue weighted by Crippen LogP contribution is -2.51. The lowest BCUT2D eigenvalue weighted by atomic mass is 10.1. The number of nitrogens with zero attached hydrogens (tertiary/aromatic N) is 2. The Balaban J connectivity index is 1.36. The molecule has 2 aromatic heterocycles. The number of morpholine rings is 1. The van der Waals surface area contributed by atoms with Crippen LogP contribution in [0.4, 0.5) is 0 Å². The number of fused-ring (bicyclic) bond motifs is 1. The van der Waals surface area contributed by atoms with Crippen LogP contribution >= 0.6 is 0 Å². The van der Waals surface area contributed by atoms with Crippen molar-refractivity contribution in [2.24, 2.45) is 0 Å². The molecule has 2 fully saturated rings. The number of aryl methyl sites for hydroxylation is 1. The van der Waals surface area contributed by atoms with Crippen molar-refractivity contribution in [2.45, 2.75) is 57.6 Å². The topological polar surface area (TPSA) is 47.7 Å². The van der Waals surface area contributed by atoms with Gasteiger partial charge in [-0.1, -0.05) is 13.0 Å². The van der Waals surface area contributed by atoms with Gasteiger partial charge in [0.15, 0.2) is 0 Å². The second kappa shape index (κ2) is 7.68. The number of rotatable bonds is 6. The molecule has 25 heavy (non-hydrogen) atoms. The van der Waals surface area contributed by atoms with E-state index in [9.17, 15) is 0 Å². The van der Waals surface area contributed by atoms with E-state index in [2.05, 4.69) is 35.0 Å². The molecule has 5 nitrogen and oxygen atoms in total. The Morgan fingerprint density at radius 1 is 1.24 bits per heavy atom. The lowest BCUT2D eigenvalue weighted by Gasteiger charge is -2.38. The summed E-state index contributed by atoms with van der Waals surface area (Å²) in [7, 11) is 0. The van der Waals surface area contributed by atoms with E-state index in [1.807, 2.05) is 12.3 Å². The molecule has 0 bridgehead atoms. The molecule has 0 unspecified atom stereocenters.